The summed E-state index contributed by atoms with van der Waals surface area (Å²) in [7, 11) is 1.47. The minimum absolute atomic E-state index is 0.0202. The molecule has 0 aliphatic heterocycles. The number of carbonyl (C=O) groups excluding carboxylic acids is 1. The first-order valence-corrected chi connectivity index (χ1v) is 9.12. The fourth-order valence-electron chi connectivity index (χ4n) is 3.21. The first kappa shape index (κ1) is 19.3. The standard InChI is InChI=1S/C20H23N5O3/c1-4-5-10-25-17(21)16(18(26)23-20(25)28)24(3)19(27)14-11-12(2)22-15-9-7-6-8-13(14)15/h6-9,11H,4-5,10,21H2,1-3H3,(H,23,26,28). The van der Waals surface area contributed by atoms with Crippen LogP contribution in [-0.4, -0.2) is 27.5 Å². The summed E-state index contributed by atoms with van der Waals surface area (Å²) in [5, 5.41) is 0.680. The molecule has 146 valence electrons. The molecule has 0 aliphatic carbocycles. The number of aromatic amines is 1. The van der Waals surface area contributed by atoms with Crippen LogP contribution < -0.4 is 21.9 Å². The maximum atomic E-state index is 13.2. The van der Waals surface area contributed by atoms with Gasteiger partial charge in [0.05, 0.1) is 11.1 Å². The molecule has 1 aromatic carbocycles. The monoisotopic (exact) mass is 381 g/mol. The van der Waals surface area contributed by atoms with Gasteiger partial charge >= 0.3 is 5.69 Å². The number of anilines is 2. The zero-order valence-corrected chi connectivity index (χ0v) is 16.2. The third-order valence-electron chi connectivity index (χ3n) is 4.66. The lowest BCUT2D eigenvalue weighted by molar-refractivity contribution is 0.0994. The number of fused-ring (bicyclic) bond motifs is 1. The molecular weight excluding hydrogens is 358 g/mol. The molecule has 0 unspecified atom stereocenters. The molecule has 0 saturated carbocycles. The molecule has 2 aromatic heterocycles. The Morgan fingerprint density at radius 3 is 2.71 bits per heavy atom. The third-order valence-corrected chi connectivity index (χ3v) is 4.66. The molecule has 3 aromatic rings. The summed E-state index contributed by atoms with van der Waals surface area (Å²) in [6, 6.07) is 8.98. The van der Waals surface area contributed by atoms with Crippen LogP contribution in [0.3, 0.4) is 0 Å². The van der Waals surface area contributed by atoms with Crippen molar-refractivity contribution in [3.63, 3.8) is 0 Å². The van der Waals surface area contributed by atoms with Crippen LogP contribution in [0.2, 0.25) is 0 Å². The van der Waals surface area contributed by atoms with Crippen LogP contribution in [0.1, 0.15) is 35.8 Å². The van der Waals surface area contributed by atoms with Crippen LogP contribution in [0.25, 0.3) is 10.9 Å². The number of aryl methyl sites for hydroxylation is 1. The Balaban J connectivity index is 2.13. The highest BCUT2D eigenvalue weighted by Gasteiger charge is 2.23. The minimum Gasteiger partial charge on any atom is -0.383 e. The summed E-state index contributed by atoms with van der Waals surface area (Å²) in [4.78, 5) is 45.7. The quantitative estimate of drug-likeness (QED) is 0.702. The molecule has 0 bridgehead atoms. The maximum absolute atomic E-state index is 13.2. The van der Waals surface area contributed by atoms with Crippen molar-refractivity contribution in [1.82, 2.24) is 14.5 Å². The number of amides is 1. The molecular formula is C20H23N5O3. The Morgan fingerprint density at radius 1 is 1.29 bits per heavy atom. The van der Waals surface area contributed by atoms with Crippen molar-refractivity contribution in [2.45, 2.75) is 33.2 Å². The number of nitrogens with one attached hydrogen (secondary N) is 1. The fraction of sp³-hybridized carbons (Fsp3) is 0.300. The number of nitrogens with two attached hydrogens (primary N) is 1. The molecule has 0 aliphatic rings. The Labute approximate surface area is 161 Å². The Kier molecular flexibility index (Phi) is 5.30. The van der Waals surface area contributed by atoms with Gasteiger partial charge in [0.15, 0.2) is 5.69 Å². The number of rotatable bonds is 5. The lowest BCUT2D eigenvalue weighted by Crippen LogP contribution is -2.39. The zero-order valence-electron chi connectivity index (χ0n) is 16.2. The molecule has 3 N–H and O–H groups in total. The second kappa shape index (κ2) is 7.67. The van der Waals surface area contributed by atoms with Gasteiger partial charge in [-0.2, -0.15) is 0 Å². The second-order valence-corrected chi connectivity index (χ2v) is 6.69. The van der Waals surface area contributed by atoms with E-state index in [4.69, 9.17) is 5.73 Å². The SMILES string of the molecule is CCCCn1c(N)c(N(C)C(=O)c2cc(C)nc3ccccc23)c(=O)[nH]c1=O. The highest BCUT2D eigenvalue weighted by atomic mass is 16.2. The molecule has 0 spiro atoms. The van der Waals surface area contributed by atoms with Crippen molar-refractivity contribution in [2.75, 3.05) is 17.7 Å². The van der Waals surface area contributed by atoms with Gasteiger partial charge in [-0.15, -0.1) is 0 Å². The van der Waals surface area contributed by atoms with Gasteiger partial charge < -0.3 is 10.6 Å². The Hall–Kier alpha value is -3.42. The van der Waals surface area contributed by atoms with E-state index < -0.39 is 17.2 Å². The molecule has 8 heteroatoms. The van der Waals surface area contributed by atoms with Crippen LogP contribution in [0.15, 0.2) is 39.9 Å². The number of hydrogen-bond donors (Lipinski definition) is 2. The minimum atomic E-state index is -0.693. The number of para-hydroxylation sites is 1. The van der Waals surface area contributed by atoms with Crippen molar-refractivity contribution in [3.05, 3.63) is 62.4 Å². The van der Waals surface area contributed by atoms with Gasteiger partial charge in [0.1, 0.15) is 5.82 Å². The van der Waals surface area contributed by atoms with Crippen molar-refractivity contribution < 1.29 is 4.79 Å². The topological polar surface area (TPSA) is 114 Å². The predicted octanol–water partition coefficient (Wildman–Crippen LogP) is 2.05. The van der Waals surface area contributed by atoms with Gasteiger partial charge in [0.2, 0.25) is 0 Å². The molecule has 1 amide bonds. The average molecular weight is 381 g/mol. The number of carbonyl (C=O) groups is 1. The summed E-state index contributed by atoms with van der Waals surface area (Å²) in [5.74, 6) is -0.423. The van der Waals surface area contributed by atoms with Crippen LogP contribution >= 0.6 is 0 Å². The van der Waals surface area contributed by atoms with E-state index in [-0.39, 0.29) is 11.5 Å². The number of nitrogen functional groups attached to an aromatic ring is 1. The normalized spacial score (nSPS) is 11.0. The highest BCUT2D eigenvalue weighted by Crippen LogP contribution is 2.23. The molecule has 8 nitrogen and oxygen atoms in total. The van der Waals surface area contributed by atoms with Crippen molar-refractivity contribution in [1.29, 1.82) is 0 Å². The van der Waals surface area contributed by atoms with E-state index in [1.807, 2.05) is 25.1 Å². The predicted molar refractivity (Wildman–Crippen MR) is 110 cm³/mol. The van der Waals surface area contributed by atoms with Crippen molar-refractivity contribution >= 4 is 28.3 Å². The van der Waals surface area contributed by atoms with E-state index in [9.17, 15) is 14.4 Å². The number of aromatic nitrogens is 3. The number of unbranched alkanes of at least 4 members (excludes halogenated alkanes) is 1. The van der Waals surface area contributed by atoms with Gasteiger partial charge in [-0.3, -0.25) is 24.1 Å². The van der Waals surface area contributed by atoms with E-state index in [0.29, 0.717) is 28.7 Å². The van der Waals surface area contributed by atoms with Gasteiger partial charge in [0, 0.05) is 24.7 Å². The largest absolute Gasteiger partial charge is 0.383 e. The summed E-state index contributed by atoms with van der Waals surface area (Å²) in [6.45, 7) is 4.15. The maximum Gasteiger partial charge on any atom is 0.330 e. The van der Waals surface area contributed by atoms with Gasteiger partial charge in [-0.25, -0.2) is 4.79 Å². The molecule has 0 saturated heterocycles. The van der Waals surface area contributed by atoms with E-state index in [1.54, 1.807) is 19.1 Å². The number of benzene rings is 1. The molecule has 0 atom stereocenters. The average Bonchev–Trinajstić information content (AvgIpc) is 2.66. The smallest absolute Gasteiger partial charge is 0.330 e. The van der Waals surface area contributed by atoms with Crippen LogP contribution in [0.5, 0.6) is 0 Å². The zero-order chi connectivity index (χ0) is 20.4. The first-order valence-electron chi connectivity index (χ1n) is 9.12. The van der Waals surface area contributed by atoms with Crippen molar-refractivity contribution in [3.8, 4) is 0 Å². The van der Waals surface area contributed by atoms with E-state index in [2.05, 4.69) is 9.97 Å². The number of nitrogens with zero attached hydrogens (tertiary/aromatic N) is 3. The lowest BCUT2D eigenvalue weighted by atomic mass is 10.1. The van der Waals surface area contributed by atoms with E-state index >= 15 is 0 Å². The second-order valence-electron chi connectivity index (χ2n) is 6.69. The molecule has 0 radical (unpaired) electrons. The number of pyridine rings is 1. The number of H-pyrrole nitrogens is 1. The number of hydrogen-bond acceptors (Lipinski definition) is 5. The van der Waals surface area contributed by atoms with Gasteiger partial charge in [-0.05, 0) is 25.5 Å². The van der Waals surface area contributed by atoms with Crippen molar-refractivity contribution in [2.24, 2.45) is 0 Å². The summed E-state index contributed by atoms with van der Waals surface area (Å²) in [5.41, 5.74) is 6.60. The summed E-state index contributed by atoms with van der Waals surface area (Å²) in [6.07, 6.45) is 1.58. The third kappa shape index (κ3) is 3.40. The van der Waals surface area contributed by atoms with Crippen LogP contribution in [0.4, 0.5) is 11.5 Å². The fourth-order valence-corrected chi connectivity index (χ4v) is 3.21. The molecule has 0 fully saturated rings. The van der Waals surface area contributed by atoms with Crippen LogP contribution in [-0.2, 0) is 6.54 Å². The summed E-state index contributed by atoms with van der Waals surface area (Å²) < 4.78 is 1.29. The van der Waals surface area contributed by atoms with Gasteiger partial charge in [0.25, 0.3) is 11.5 Å². The Bertz CT molecular complexity index is 1160. The first-order chi connectivity index (χ1) is 13.3. The lowest BCUT2D eigenvalue weighted by Gasteiger charge is -2.21. The molecule has 28 heavy (non-hydrogen) atoms. The van der Waals surface area contributed by atoms with E-state index in [0.717, 1.165) is 12.8 Å². The summed E-state index contributed by atoms with van der Waals surface area (Å²) >= 11 is 0. The van der Waals surface area contributed by atoms with E-state index in [1.165, 1.54) is 16.5 Å². The Morgan fingerprint density at radius 2 is 2.00 bits per heavy atom. The van der Waals surface area contributed by atoms with Crippen LogP contribution in [0, 0.1) is 6.92 Å². The van der Waals surface area contributed by atoms with Gasteiger partial charge in [-0.1, -0.05) is 31.5 Å². The molecule has 3 rings (SSSR count). The molecule has 2 heterocycles. The highest BCUT2D eigenvalue weighted by molar-refractivity contribution is 6.14.